The third-order valence-corrected chi connectivity index (χ3v) is 5.59. The van der Waals surface area contributed by atoms with Crippen LogP contribution in [0.1, 0.15) is 38.2 Å². The van der Waals surface area contributed by atoms with Gasteiger partial charge in [-0.3, -0.25) is 19.3 Å². The average Bonchev–Trinajstić information content (AvgIpc) is 2.93. The maximum atomic E-state index is 13.5. The predicted molar refractivity (Wildman–Crippen MR) is 99.8 cm³/mol. The van der Waals surface area contributed by atoms with Gasteiger partial charge in [-0.05, 0) is 24.8 Å². The highest BCUT2D eigenvalue weighted by Crippen LogP contribution is 2.38. The van der Waals surface area contributed by atoms with Gasteiger partial charge in [0.1, 0.15) is 17.9 Å². The van der Waals surface area contributed by atoms with E-state index in [4.69, 9.17) is 4.74 Å². The minimum atomic E-state index is -0.952. The Labute approximate surface area is 167 Å². The largest absolute Gasteiger partial charge is 0.454 e. The van der Waals surface area contributed by atoms with Crippen LogP contribution in [0.4, 0.5) is 9.18 Å². The number of esters is 1. The van der Waals surface area contributed by atoms with Crippen molar-refractivity contribution in [2.75, 3.05) is 13.2 Å². The zero-order chi connectivity index (χ0) is 21.0. The van der Waals surface area contributed by atoms with E-state index in [1.54, 1.807) is 6.07 Å². The van der Waals surface area contributed by atoms with Crippen molar-refractivity contribution in [3.8, 4) is 0 Å². The fraction of sp³-hybridized carbons (Fsp3) is 0.500. The Kier molecular flexibility index (Phi) is 6.14. The van der Waals surface area contributed by atoms with Crippen molar-refractivity contribution < 1.29 is 28.3 Å². The molecule has 1 saturated heterocycles. The molecule has 1 spiro atoms. The molecular formula is C20H24FN3O5. The molecule has 3 rings (SSSR count). The minimum Gasteiger partial charge on any atom is -0.454 e. The number of benzene rings is 1. The smallest absolute Gasteiger partial charge is 0.326 e. The van der Waals surface area contributed by atoms with E-state index < -0.39 is 48.3 Å². The molecule has 1 aromatic carbocycles. The second-order valence-electron chi connectivity index (χ2n) is 7.47. The fourth-order valence-electron chi connectivity index (χ4n) is 3.85. The summed E-state index contributed by atoms with van der Waals surface area (Å²) in [5.41, 5.74) is -0.648. The molecule has 8 nitrogen and oxygen atoms in total. The molecule has 2 aliphatic rings. The van der Waals surface area contributed by atoms with Crippen molar-refractivity contribution in [3.05, 3.63) is 35.6 Å². The Hall–Kier alpha value is -2.97. The quantitative estimate of drug-likeness (QED) is 0.551. The first kappa shape index (κ1) is 20.8. The monoisotopic (exact) mass is 405 g/mol. The Morgan fingerprint density at radius 3 is 2.79 bits per heavy atom. The van der Waals surface area contributed by atoms with Crippen LogP contribution in [-0.4, -0.2) is 47.4 Å². The molecule has 29 heavy (non-hydrogen) atoms. The molecular weight excluding hydrogens is 381 g/mol. The Bertz CT molecular complexity index is 830. The van der Waals surface area contributed by atoms with E-state index in [2.05, 4.69) is 10.6 Å². The number of rotatable bonds is 6. The van der Waals surface area contributed by atoms with E-state index in [0.29, 0.717) is 12.0 Å². The summed E-state index contributed by atoms with van der Waals surface area (Å²) in [4.78, 5) is 49.7. The first-order chi connectivity index (χ1) is 13.8. The number of carbonyl (C=O) groups excluding carboxylic acids is 4. The summed E-state index contributed by atoms with van der Waals surface area (Å²) < 4.78 is 18.4. The summed E-state index contributed by atoms with van der Waals surface area (Å²) in [6, 6.07) is 5.37. The molecule has 0 radical (unpaired) electrons. The van der Waals surface area contributed by atoms with E-state index in [0.717, 1.165) is 24.2 Å². The van der Waals surface area contributed by atoms with Gasteiger partial charge in [0, 0.05) is 12.1 Å². The summed E-state index contributed by atoms with van der Waals surface area (Å²) in [7, 11) is 0. The molecule has 2 atom stereocenters. The number of nitrogens with one attached hydrogen (secondary N) is 2. The zero-order valence-electron chi connectivity index (χ0n) is 16.2. The van der Waals surface area contributed by atoms with E-state index in [1.165, 1.54) is 18.2 Å². The van der Waals surface area contributed by atoms with Crippen molar-refractivity contribution in [2.24, 2.45) is 5.92 Å². The standard InChI is InChI=1S/C20H24FN3O5/c1-13-6-4-5-9-20(13)18(27)24(19(28)23-20)11-17(26)29-12-16(25)22-10-14-7-2-3-8-15(14)21/h2-3,7-8,13H,4-6,9-12H2,1H3,(H,22,25)(H,23,28)/t13-,20-/m1/s1. The van der Waals surface area contributed by atoms with Gasteiger partial charge in [0.2, 0.25) is 0 Å². The number of urea groups is 1. The van der Waals surface area contributed by atoms with E-state index >= 15 is 0 Å². The number of amides is 4. The van der Waals surface area contributed by atoms with Crippen molar-refractivity contribution in [1.82, 2.24) is 15.5 Å². The van der Waals surface area contributed by atoms with Gasteiger partial charge in [-0.2, -0.15) is 0 Å². The molecule has 0 bridgehead atoms. The number of hydrogen-bond donors (Lipinski definition) is 2. The molecule has 0 aromatic heterocycles. The number of nitrogens with zero attached hydrogens (tertiary/aromatic N) is 1. The van der Waals surface area contributed by atoms with Crippen molar-refractivity contribution >= 4 is 23.8 Å². The molecule has 2 N–H and O–H groups in total. The summed E-state index contributed by atoms with van der Waals surface area (Å²) in [6.07, 6.45) is 3.20. The summed E-state index contributed by atoms with van der Waals surface area (Å²) >= 11 is 0. The summed E-state index contributed by atoms with van der Waals surface area (Å²) in [5, 5.41) is 5.19. The van der Waals surface area contributed by atoms with E-state index in [9.17, 15) is 23.6 Å². The van der Waals surface area contributed by atoms with Gasteiger partial charge in [0.15, 0.2) is 6.61 Å². The fourth-order valence-corrected chi connectivity index (χ4v) is 3.85. The summed E-state index contributed by atoms with van der Waals surface area (Å²) in [6.45, 7) is 0.730. The van der Waals surface area contributed by atoms with Crippen LogP contribution in [0, 0.1) is 11.7 Å². The van der Waals surface area contributed by atoms with Gasteiger partial charge < -0.3 is 15.4 Å². The van der Waals surface area contributed by atoms with Crippen LogP contribution < -0.4 is 10.6 Å². The molecule has 1 heterocycles. The third kappa shape index (κ3) is 4.38. The third-order valence-electron chi connectivity index (χ3n) is 5.59. The lowest BCUT2D eigenvalue weighted by Gasteiger charge is -2.36. The summed E-state index contributed by atoms with van der Waals surface area (Å²) in [5.74, 6) is -2.37. The van der Waals surface area contributed by atoms with Crippen molar-refractivity contribution in [2.45, 2.75) is 44.7 Å². The maximum absolute atomic E-state index is 13.5. The highest BCUT2D eigenvalue weighted by atomic mass is 19.1. The molecule has 2 fully saturated rings. The molecule has 0 unspecified atom stereocenters. The van der Waals surface area contributed by atoms with Gasteiger partial charge in [-0.1, -0.05) is 38.0 Å². The number of imide groups is 1. The molecule has 9 heteroatoms. The average molecular weight is 405 g/mol. The Balaban J connectivity index is 1.48. The molecule has 1 aliphatic carbocycles. The van der Waals surface area contributed by atoms with Gasteiger partial charge in [0.25, 0.3) is 11.8 Å². The minimum absolute atomic E-state index is 0.0159. The first-order valence-corrected chi connectivity index (χ1v) is 9.63. The van der Waals surface area contributed by atoms with Crippen LogP contribution in [0.25, 0.3) is 0 Å². The molecule has 156 valence electrons. The van der Waals surface area contributed by atoms with Crippen molar-refractivity contribution in [3.63, 3.8) is 0 Å². The topological polar surface area (TPSA) is 105 Å². The lowest BCUT2D eigenvalue weighted by atomic mass is 9.73. The molecule has 1 aromatic rings. The highest BCUT2D eigenvalue weighted by Gasteiger charge is 2.55. The van der Waals surface area contributed by atoms with Crippen LogP contribution in [-0.2, 0) is 25.7 Å². The SMILES string of the molecule is C[C@@H]1CCCC[C@@]12NC(=O)N(CC(=O)OCC(=O)NCc1ccccc1F)C2=O. The Morgan fingerprint density at radius 1 is 1.31 bits per heavy atom. The predicted octanol–water partition coefficient (Wildman–Crippen LogP) is 1.49. The van der Waals surface area contributed by atoms with Crippen LogP contribution in [0.15, 0.2) is 24.3 Å². The van der Waals surface area contributed by atoms with E-state index in [1.807, 2.05) is 6.92 Å². The van der Waals surface area contributed by atoms with Gasteiger partial charge in [-0.25, -0.2) is 9.18 Å². The van der Waals surface area contributed by atoms with Crippen LogP contribution >= 0.6 is 0 Å². The van der Waals surface area contributed by atoms with Gasteiger partial charge in [0.05, 0.1) is 0 Å². The zero-order valence-corrected chi connectivity index (χ0v) is 16.2. The first-order valence-electron chi connectivity index (χ1n) is 9.63. The second-order valence-corrected chi connectivity index (χ2v) is 7.47. The maximum Gasteiger partial charge on any atom is 0.326 e. The van der Waals surface area contributed by atoms with Gasteiger partial charge in [-0.15, -0.1) is 0 Å². The molecule has 1 aliphatic heterocycles. The van der Waals surface area contributed by atoms with Crippen LogP contribution in [0.5, 0.6) is 0 Å². The number of hydrogen-bond acceptors (Lipinski definition) is 5. The normalized spacial score (nSPS) is 23.8. The van der Waals surface area contributed by atoms with Crippen LogP contribution in [0.3, 0.4) is 0 Å². The molecule has 4 amide bonds. The number of carbonyl (C=O) groups is 4. The lowest BCUT2D eigenvalue weighted by molar-refractivity contribution is -0.151. The van der Waals surface area contributed by atoms with Gasteiger partial charge >= 0.3 is 12.0 Å². The second kappa shape index (κ2) is 8.59. The lowest BCUT2D eigenvalue weighted by Crippen LogP contribution is -2.54. The Morgan fingerprint density at radius 2 is 2.07 bits per heavy atom. The number of ether oxygens (including phenoxy) is 1. The van der Waals surface area contributed by atoms with Crippen LogP contribution in [0.2, 0.25) is 0 Å². The number of halogens is 1. The van der Waals surface area contributed by atoms with Crippen molar-refractivity contribution in [1.29, 1.82) is 0 Å². The highest BCUT2D eigenvalue weighted by molar-refractivity contribution is 6.09. The molecule has 1 saturated carbocycles. The van der Waals surface area contributed by atoms with E-state index in [-0.39, 0.29) is 12.5 Å².